The van der Waals surface area contributed by atoms with E-state index >= 15 is 0 Å². The largest absolute Gasteiger partial charge is 0.423 e. The van der Waals surface area contributed by atoms with E-state index in [1.54, 1.807) is 0 Å². The topological polar surface area (TPSA) is 70.4 Å². The SMILES string of the molecule is CNCCNC(=O)C1CCN(c2nc3ccccc3o2)CC1. The first kappa shape index (κ1) is 14.8. The highest BCUT2D eigenvalue weighted by Gasteiger charge is 2.26. The molecule has 1 saturated heterocycles. The van der Waals surface area contributed by atoms with Crippen LogP contribution in [0.4, 0.5) is 6.01 Å². The molecule has 0 saturated carbocycles. The third-order valence-corrected chi connectivity index (χ3v) is 4.09. The van der Waals surface area contributed by atoms with Crippen LogP contribution in [0.3, 0.4) is 0 Å². The monoisotopic (exact) mass is 302 g/mol. The summed E-state index contributed by atoms with van der Waals surface area (Å²) in [5, 5.41) is 5.99. The lowest BCUT2D eigenvalue weighted by molar-refractivity contribution is -0.125. The smallest absolute Gasteiger partial charge is 0.298 e. The molecule has 1 aliphatic rings. The van der Waals surface area contributed by atoms with Gasteiger partial charge in [-0.1, -0.05) is 12.1 Å². The maximum Gasteiger partial charge on any atom is 0.298 e. The molecule has 1 fully saturated rings. The number of hydrogen-bond donors (Lipinski definition) is 2. The molecule has 2 heterocycles. The molecule has 0 bridgehead atoms. The number of benzene rings is 1. The van der Waals surface area contributed by atoms with Gasteiger partial charge in [-0.05, 0) is 32.0 Å². The van der Waals surface area contributed by atoms with Gasteiger partial charge in [0.1, 0.15) is 5.52 Å². The minimum atomic E-state index is 0.0949. The molecule has 6 nitrogen and oxygen atoms in total. The van der Waals surface area contributed by atoms with Gasteiger partial charge >= 0.3 is 0 Å². The van der Waals surface area contributed by atoms with Gasteiger partial charge in [-0.15, -0.1) is 0 Å². The van der Waals surface area contributed by atoms with Crippen molar-refractivity contribution in [2.24, 2.45) is 5.92 Å². The Morgan fingerprint density at radius 1 is 1.32 bits per heavy atom. The average Bonchev–Trinajstić information content (AvgIpc) is 2.99. The highest BCUT2D eigenvalue weighted by molar-refractivity contribution is 5.79. The molecule has 0 aliphatic carbocycles. The fourth-order valence-electron chi connectivity index (χ4n) is 2.78. The van der Waals surface area contributed by atoms with Gasteiger partial charge in [0.05, 0.1) is 0 Å². The Labute approximate surface area is 129 Å². The lowest BCUT2D eigenvalue weighted by atomic mass is 9.96. The first-order valence-electron chi connectivity index (χ1n) is 7.81. The zero-order valence-electron chi connectivity index (χ0n) is 12.8. The number of aromatic nitrogens is 1. The summed E-state index contributed by atoms with van der Waals surface area (Å²) in [4.78, 5) is 18.7. The van der Waals surface area contributed by atoms with Crippen LogP contribution in [0.1, 0.15) is 12.8 Å². The van der Waals surface area contributed by atoms with Crippen molar-refractivity contribution in [1.82, 2.24) is 15.6 Å². The molecule has 1 aliphatic heterocycles. The van der Waals surface area contributed by atoms with Crippen LogP contribution in [0, 0.1) is 5.92 Å². The van der Waals surface area contributed by atoms with Crippen molar-refractivity contribution < 1.29 is 9.21 Å². The van der Waals surface area contributed by atoms with Gasteiger partial charge in [-0.2, -0.15) is 4.98 Å². The fraction of sp³-hybridized carbons (Fsp3) is 0.500. The van der Waals surface area contributed by atoms with Crippen LogP contribution in [-0.2, 0) is 4.79 Å². The van der Waals surface area contributed by atoms with Gasteiger partial charge in [0.25, 0.3) is 6.01 Å². The van der Waals surface area contributed by atoms with E-state index in [1.807, 2.05) is 31.3 Å². The Kier molecular flexibility index (Phi) is 4.58. The average molecular weight is 302 g/mol. The van der Waals surface area contributed by atoms with Crippen molar-refractivity contribution in [2.75, 3.05) is 38.1 Å². The number of anilines is 1. The highest BCUT2D eigenvalue weighted by Crippen LogP contribution is 2.26. The summed E-state index contributed by atoms with van der Waals surface area (Å²) in [6.07, 6.45) is 1.67. The second kappa shape index (κ2) is 6.79. The van der Waals surface area contributed by atoms with Crippen LogP contribution in [0.2, 0.25) is 0 Å². The second-order valence-corrected chi connectivity index (χ2v) is 5.62. The molecule has 1 aromatic carbocycles. The molecule has 0 unspecified atom stereocenters. The first-order chi connectivity index (χ1) is 10.8. The fourth-order valence-corrected chi connectivity index (χ4v) is 2.78. The Morgan fingerprint density at radius 2 is 2.09 bits per heavy atom. The molecule has 0 atom stereocenters. The number of amides is 1. The standard InChI is InChI=1S/C16H22N4O2/c1-17-8-9-18-15(21)12-6-10-20(11-7-12)16-19-13-4-2-3-5-14(13)22-16/h2-5,12,17H,6-11H2,1H3,(H,18,21). The number of oxazole rings is 1. The number of carbonyl (C=O) groups excluding carboxylic acids is 1. The minimum Gasteiger partial charge on any atom is -0.423 e. The van der Waals surface area contributed by atoms with Gasteiger partial charge in [0.15, 0.2) is 5.58 Å². The molecular formula is C16H22N4O2. The number of piperidine rings is 1. The normalized spacial score (nSPS) is 16.1. The van der Waals surface area contributed by atoms with E-state index in [-0.39, 0.29) is 11.8 Å². The van der Waals surface area contributed by atoms with Crippen LogP contribution in [0.15, 0.2) is 28.7 Å². The molecule has 2 aromatic rings. The van der Waals surface area contributed by atoms with Crippen molar-refractivity contribution in [3.8, 4) is 0 Å². The number of fused-ring (bicyclic) bond motifs is 1. The number of likely N-dealkylation sites (N-methyl/N-ethyl adjacent to an activating group) is 1. The Bertz CT molecular complexity index is 599. The molecule has 118 valence electrons. The van der Waals surface area contributed by atoms with Crippen molar-refractivity contribution in [2.45, 2.75) is 12.8 Å². The predicted molar refractivity (Wildman–Crippen MR) is 85.9 cm³/mol. The van der Waals surface area contributed by atoms with E-state index in [9.17, 15) is 4.79 Å². The lowest BCUT2D eigenvalue weighted by Gasteiger charge is -2.30. The molecule has 0 radical (unpaired) electrons. The molecule has 1 amide bonds. The van der Waals surface area contributed by atoms with Crippen molar-refractivity contribution in [3.05, 3.63) is 24.3 Å². The summed E-state index contributed by atoms with van der Waals surface area (Å²) >= 11 is 0. The number of carbonyl (C=O) groups is 1. The second-order valence-electron chi connectivity index (χ2n) is 5.62. The molecule has 22 heavy (non-hydrogen) atoms. The van der Waals surface area contributed by atoms with Crippen LogP contribution in [0.5, 0.6) is 0 Å². The molecule has 0 spiro atoms. The molecule has 1 aromatic heterocycles. The van der Waals surface area contributed by atoms with E-state index in [4.69, 9.17) is 4.42 Å². The number of para-hydroxylation sites is 2. The van der Waals surface area contributed by atoms with Crippen molar-refractivity contribution in [3.63, 3.8) is 0 Å². The number of rotatable bonds is 5. The van der Waals surface area contributed by atoms with E-state index in [1.165, 1.54) is 0 Å². The van der Waals surface area contributed by atoms with E-state index in [0.29, 0.717) is 12.6 Å². The summed E-state index contributed by atoms with van der Waals surface area (Å²) in [5.41, 5.74) is 1.69. The number of nitrogens with zero attached hydrogens (tertiary/aromatic N) is 2. The number of nitrogens with one attached hydrogen (secondary N) is 2. The zero-order valence-corrected chi connectivity index (χ0v) is 12.8. The highest BCUT2D eigenvalue weighted by atomic mass is 16.4. The summed E-state index contributed by atoms with van der Waals surface area (Å²) in [6.45, 7) is 3.09. The van der Waals surface area contributed by atoms with E-state index < -0.39 is 0 Å². The van der Waals surface area contributed by atoms with Gasteiger partial charge in [-0.25, -0.2) is 0 Å². The first-order valence-corrected chi connectivity index (χ1v) is 7.81. The third-order valence-electron chi connectivity index (χ3n) is 4.09. The number of hydrogen-bond acceptors (Lipinski definition) is 5. The molecular weight excluding hydrogens is 280 g/mol. The van der Waals surface area contributed by atoms with Crippen LogP contribution in [-0.4, -0.2) is 44.1 Å². The Hall–Kier alpha value is -2.08. The summed E-state index contributed by atoms with van der Waals surface area (Å²) in [7, 11) is 1.88. The van der Waals surface area contributed by atoms with E-state index in [0.717, 1.165) is 43.6 Å². The molecule has 3 rings (SSSR count). The summed E-state index contributed by atoms with van der Waals surface area (Å²) in [5.74, 6) is 0.255. The summed E-state index contributed by atoms with van der Waals surface area (Å²) < 4.78 is 5.79. The van der Waals surface area contributed by atoms with Gasteiger partial charge in [0.2, 0.25) is 5.91 Å². The van der Waals surface area contributed by atoms with E-state index in [2.05, 4.69) is 20.5 Å². The van der Waals surface area contributed by atoms with Gasteiger partial charge in [-0.3, -0.25) is 4.79 Å². The maximum atomic E-state index is 12.1. The third kappa shape index (κ3) is 3.22. The predicted octanol–water partition coefficient (Wildman–Crippen LogP) is 1.38. The minimum absolute atomic E-state index is 0.0949. The molecule has 6 heteroatoms. The lowest BCUT2D eigenvalue weighted by Crippen LogP contribution is -2.42. The zero-order chi connectivity index (χ0) is 15.4. The maximum absolute atomic E-state index is 12.1. The van der Waals surface area contributed by atoms with Gasteiger partial charge in [0, 0.05) is 32.1 Å². The Balaban J connectivity index is 1.56. The summed E-state index contributed by atoms with van der Waals surface area (Å²) in [6, 6.07) is 8.43. The quantitative estimate of drug-likeness (QED) is 0.817. The van der Waals surface area contributed by atoms with Crippen LogP contribution in [0.25, 0.3) is 11.1 Å². The van der Waals surface area contributed by atoms with Crippen molar-refractivity contribution in [1.29, 1.82) is 0 Å². The Morgan fingerprint density at radius 3 is 2.82 bits per heavy atom. The van der Waals surface area contributed by atoms with Gasteiger partial charge < -0.3 is 20.0 Å². The molecule has 2 N–H and O–H groups in total. The van der Waals surface area contributed by atoms with Crippen LogP contribution >= 0.6 is 0 Å². The van der Waals surface area contributed by atoms with Crippen molar-refractivity contribution >= 4 is 23.0 Å². The van der Waals surface area contributed by atoms with Crippen LogP contribution < -0.4 is 15.5 Å².